The van der Waals surface area contributed by atoms with Gasteiger partial charge in [-0.05, 0) is 48.7 Å². The molecule has 1 aliphatic heterocycles. The first-order valence-corrected chi connectivity index (χ1v) is 9.77. The van der Waals surface area contributed by atoms with Crippen molar-refractivity contribution >= 4 is 16.9 Å². The van der Waals surface area contributed by atoms with Gasteiger partial charge in [0.25, 0.3) is 5.91 Å². The van der Waals surface area contributed by atoms with E-state index in [1.54, 1.807) is 18.5 Å². The number of pyridine rings is 1. The number of benzene rings is 1. The summed E-state index contributed by atoms with van der Waals surface area (Å²) in [5.74, 6) is 1.29. The number of likely N-dealkylation sites (tertiary alicyclic amines) is 1. The molecule has 1 fully saturated rings. The van der Waals surface area contributed by atoms with E-state index in [-0.39, 0.29) is 11.8 Å². The van der Waals surface area contributed by atoms with E-state index in [4.69, 9.17) is 0 Å². The zero-order valence-electron chi connectivity index (χ0n) is 15.9. The SMILES string of the molecule is O=C(c1ccc2n[nH]nc2c1)N1CCC[C@H](c2nccn2Cc2ccncc2)C1. The molecule has 146 valence electrons. The van der Waals surface area contributed by atoms with Crippen molar-refractivity contribution in [3.63, 3.8) is 0 Å². The second-order valence-corrected chi connectivity index (χ2v) is 7.39. The predicted octanol–water partition coefficient (Wildman–Crippen LogP) is 2.62. The summed E-state index contributed by atoms with van der Waals surface area (Å²) in [5.41, 5.74) is 3.30. The van der Waals surface area contributed by atoms with E-state index in [1.807, 2.05) is 41.6 Å². The maximum Gasteiger partial charge on any atom is 0.253 e. The fourth-order valence-corrected chi connectivity index (χ4v) is 4.03. The maximum atomic E-state index is 13.1. The summed E-state index contributed by atoms with van der Waals surface area (Å²) in [5, 5.41) is 10.7. The van der Waals surface area contributed by atoms with Crippen molar-refractivity contribution in [3.8, 4) is 0 Å². The first-order valence-electron chi connectivity index (χ1n) is 9.77. The molecule has 1 aliphatic rings. The van der Waals surface area contributed by atoms with Crippen LogP contribution in [0.2, 0.25) is 0 Å². The highest BCUT2D eigenvalue weighted by molar-refractivity contribution is 5.97. The van der Waals surface area contributed by atoms with Gasteiger partial charge in [0.15, 0.2) is 0 Å². The molecule has 8 nitrogen and oxygen atoms in total. The third kappa shape index (κ3) is 3.49. The Hall–Kier alpha value is -3.55. The molecular formula is C21H21N7O. The number of carbonyl (C=O) groups excluding carboxylic acids is 1. The van der Waals surface area contributed by atoms with Gasteiger partial charge in [0.1, 0.15) is 16.9 Å². The van der Waals surface area contributed by atoms with Gasteiger partial charge in [0.2, 0.25) is 0 Å². The second-order valence-electron chi connectivity index (χ2n) is 7.39. The number of piperidine rings is 1. The van der Waals surface area contributed by atoms with Crippen LogP contribution < -0.4 is 0 Å². The van der Waals surface area contributed by atoms with Gasteiger partial charge in [0.05, 0.1) is 0 Å². The largest absolute Gasteiger partial charge is 0.338 e. The molecule has 0 saturated carbocycles. The Balaban J connectivity index is 1.34. The van der Waals surface area contributed by atoms with Crippen molar-refractivity contribution in [2.24, 2.45) is 0 Å². The molecule has 0 spiro atoms. The number of fused-ring (bicyclic) bond motifs is 1. The summed E-state index contributed by atoms with van der Waals surface area (Å²) >= 11 is 0. The highest BCUT2D eigenvalue weighted by Gasteiger charge is 2.28. The molecule has 29 heavy (non-hydrogen) atoms. The summed E-state index contributed by atoms with van der Waals surface area (Å²) in [7, 11) is 0. The third-order valence-electron chi connectivity index (χ3n) is 5.49. The average Bonchev–Trinajstić information content (AvgIpc) is 3.43. The molecule has 4 heterocycles. The van der Waals surface area contributed by atoms with Gasteiger partial charge in [-0.15, -0.1) is 0 Å². The molecule has 8 heteroatoms. The number of nitrogens with zero attached hydrogens (tertiary/aromatic N) is 6. The minimum absolute atomic E-state index is 0.0341. The smallest absolute Gasteiger partial charge is 0.253 e. The Bertz CT molecular complexity index is 1130. The normalized spacial score (nSPS) is 17.0. The highest BCUT2D eigenvalue weighted by Crippen LogP contribution is 2.27. The van der Waals surface area contributed by atoms with Crippen LogP contribution in [0.15, 0.2) is 55.1 Å². The number of aromatic amines is 1. The first-order chi connectivity index (χ1) is 14.3. The van der Waals surface area contributed by atoms with Gasteiger partial charge in [-0.2, -0.15) is 15.4 Å². The summed E-state index contributed by atoms with van der Waals surface area (Å²) in [6.45, 7) is 2.19. The van der Waals surface area contributed by atoms with E-state index in [2.05, 4.69) is 29.9 Å². The van der Waals surface area contributed by atoms with Crippen LogP contribution in [0.25, 0.3) is 11.0 Å². The summed E-state index contributed by atoms with van der Waals surface area (Å²) in [6, 6.07) is 9.48. The van der Waals surface area contributed by atoms with Crippen LogP contribution in [-0.4, -0.2) is 53.8 Å². The fourth-order valence-electron chi connectivity index (χ4n) is 4.03. The van der Waals surface area contributed by atoms with Crippen LogP contribution in [0.3, 0.4) is 0 Å². The lowest BCUT2D eigenvalue weighted by molar-refractivity contribution is 0.0703. The molecule has 1 N–H and O–H groups in total. The molecule has 0 unspecified atom stereocenters. The molecule has 1 saturated heterocycles. The number of carbonyl (C=O) groups is 1. The number of hydrogen-bond acceptors (Lipinski definition) is 5. The van der Waals surface area contributed by atoms with Gasteiger partial charge in [-0.3, -0.25) is 9.78 Å². The lowest BCUT2D eigenvalue weighted by Gasteiger charge is -2.32. The van der Waals surface area contributed by atoms with Gasteiger partial charge in [0, 0.05) is 55.9 Å². The maximum absolute atomic E-state index is 13.1. The lowest BCUT2D eigenvalue weighted by atomic mass is 9.96. The highest BCUT2D eigenvalue weighted by atomic mass is 16.2. The monoisotopic (exact) mass is 387 g/mol. The number of hydrogen-bond donors (Lipinski definition) is 1. The Labute approximate surface area is 167 Å². The van der Waals surface area contributed by atoms with E-state index in [1.165, 1.54) is 5.56 Å². The second kappa shape index (κ2) is 7.46. The number of aromatic nitrogens is 6. The van der Waals surface area contributed by atoms with E-state index < -0.39 is 0 Å². The Kier molecular flexibility index (Phi) is 4.51. The number of rotatable bonds is 4. The zero-order chi connectivity index (χ0) is 19.6. The van der Waals surface area contributed by atoms with Crippen molar-refractivity contribution in [3.05, 3.63) is 72.1 Å². The van der Waals surface area contributed by atoms with E-state index in [0.29, 0.717) is 17.6 Å². The van der Waals surface area contributed by atoms with Crippen LogP contribution in [0.4, 0.5) is 0 Å². The standard InChI is InChI=1S/C21H21N7O/c29-21(16-3-4-18-19(12-16)25-26-24-18)28-10-1-2-17(14-28)20-23-9-11-27(20)13-15-5-7-22-8-6-15/h3-9,11-12,17H,1-2,10,13-14H2,(H,24,25,26)/t17-/m0/s1. The molecule has 5 rings (SSSR count). The Morgan fingerprint density at radius 3 is 2.86 bits per heavy atom. The van der Waals surface area contributed by atoms with Crippen molar-refractivity contribution in [1.82, 2.24) is 34.8 Å². The number of nitrogens with one attached hydrogen (secondary N) is 1. The summed E-state index contributed by atoms with van der Waals surface area (Å²) < 4.78 is 2.18. The third-order valence-corrected chi connectivity index (χ3v) is 5.49. The van der Waals surface area contributed by atoms with Gasteiger partial charge < -0.3 is 9.47 Å². The quantitative estimate of drug-likeness (QED) is 0.581. The molecule has 1 aromatic carbocycles. The Morgan fingerprint density at radius 1 is 1.10 bits per heavy atom. The van der Waals surface area contributed by atoms with Gasteiger partial charge in [-0.1, -0.05) is 0 Å². The van der Waals surface area contributed by atoms with E-state index in [0.717, 1.165) is 37.3 Å². The van der Waals surface area contributed by atoms with Crippen LogP contribution in [0.1, 0.15) is 40.5 Å². The summed E-state index contributed by atoms with van der Waals surface area (Å²) in [6.07, 6.45) is 9.45. The van der Waals surface area contributed by atoms with Crippen molar-refractivity contribution < 1.29 is 4.79 Å². The topological polar surface area (TPSA) is 92.6 Å². The molecule has 0 aliphatic carbocycles. The van der Waals surface area contributed by atoms with Crippen LogP contribution in [0.5, 0.6) is 0 Å². The van der Waals surface area contributed by atoms with Crippen LogP contribution >= 0.6 is 0 Å². The first kappa shape index (κ1) is 17.5. The van der Waals surface area contributed by atoms with Crippen molar-refractivity contribution in [2.45, 2.75) is 25.3 Å². The molecule has 1 atom stereocenters. The van der Waals surface area contributed by atoms with Gasteiger partial charge in [-0.25, -0.2) is 4.98 Å². The molecule has 0 bridgehead atoms. The number of imidazole rings is 1. The van der Waals surface area contributed by atoms with Crippen LogP contribution in [-0.2, 0) is 6.54 Å². The van der Waals surface area contributed by atoms with Crippen LogP contribution in [0, 0.1) is 0 Å². The summed E-state index contributed by atoms with van der Waals surface area (Å²) in [4.78, 5) is 23.7. The predicted molar refractivity (Wildman–Crippen MR) is 107 cm³/mol. The average molecular weight is 387 g/mol. The zero-order valence-corrected chi connectivity index (χ0v) is 15.9. The minimum Gasteiger partial charge on any atom is -0.338 e. The van der Waals surface area contributed by atoms with Crippen molar-refractivity contribution in [2.75, 3.05) is 13.1 Å². The molecule has 0 radical (unpaired) electrons. The van der Waals surface area contributed by atoms with Gasteiger partial charge >= 0.3 is 0 Å². The number of H-pyrrole nitrogens is 1. The number of amides is 1. The lowest BCUT2D eigenvalue weighted by Crippen LogP contribution is -2.39. The van der Waals surface area contributed by atoms with Crippen molar-refractivity contribution in [1.29, 1.82) is 0 Å². The molecule has 4 aromatic rings. The Morgan fingerprint density at radius 2 is 1.97 bits per heavy atom. The van der Waals surface area contributed by atoms with E-state index >= 15 is 0 Å². The molecular weight excluding hydrogens is 366 g/mol. The van der Waals surface area contributed by atoms with E-state index in [9.17, 15) is 4.79 Å². The minimum atomic E-state index is 0.0341. The molecule has 3 aromatic heterocycles. The molecule has 1 amide bonds. The fraction of sp³-hybridized carbons (Fsp3) is 0.286.